The van der Waals surface area contributed by atoms with Gasteiger partial charge < -0.3 is 0 Å². The number of hydrogen-bond acceptors (Lipinski definition) is 1. The summed E-state index contributed by atoms with van der Waals surface area (Å²) in [5, 5.41) is 9.61. The molecule has 0 saturated carbocycles. The topological polar surface area (TPSA) is 0 Å². The molecule has 0 aliphatic heterocycles. The van der Waals surface area contributed by atoms with Crippen LogP contribution in [0.1, 0.15) is 2.74 Å². The van der Waals surface area contributed by atoms with Crippen molar-refractivity contribution in [2.45, 2.75) is 0 Å². The van der Waals surface area contributed by atoms with E-state index in [0.717, 1.165) is 15.5 Å². The lowest BCUT2D eigenvalue weighted by Gasteiger charge is -2.20. The van der Waals surface area contributed by atoms with Crippen molar-refractivity contribution in [3.8, 4) is 44.5 Å². The van der Waals surface area contributed by atoms with Crippen molar-refractivity contribution in [1.82, 2.24) is 0 Å². The zero-order chi connectivity index (χ0) is 34.1. The average Bonchev–Trinajstić information content (AvgIpc) is 3.53. The summed E-state index contributed by atoms with van der Waals surface area (Å²) >= 11 is 1.76. The van der Waals surface area contributed by atoms with Gasteiger partial charge in [-0.3, -0.25) is 0 Å². The molecule has 0 bridgehead atoms. The normalized spacial score (nSPS) is 12.2. The first-order valence-corrected chi connectivity index (χ1v) is 17.5. The molecular weight excluding hydrogens is 609 g/mol. The fourth-order valence-electron chi connectivity index (χ4n) is 7.66. The van der Waals surface area contributed by atoms with Gasteiger partial charge in [-0.1, -0.05) is 158 Å². The lowest BCUT2D eigenvalue weighted by Crippen LogP contribution is -1.92. The van der Waals surface area contributed by atoms with Crippen molar-refractivity contribution >= 4 is 63.8 Å². The largest absolute Gasteiger partial charge is 0.135 e. The molecule has 0 fully saturated rings. The molecule has 0 unspecified atom stereocenters. The van der Waals surface area contributed by atoms with Gasteiger partial charge in [-0.2, -0.15) is 0 Å². The summed E-state index contributed by atoms with van der Waals surface area (Å²) in [6.45, 7) is 0. The van der Waals surface area contributed by atoms with Crippen LogP contribution in [0.2, 0.25) is 0 Å². The van der Waals surface area contributed by atoms with E-state index in [1.54, 1.807) is 11.3 Å². The zero-order valence-corrected chi connectivity index (χ0v) is 27.4. The van der Waals surface area contributed by atoms with Gasteiger partial charge in [0.25, 0.3) is 0 Å². The first-order chi connectivity index (χ1) is 25.1. The SMILES string of the molecule is [2H]c1ccc2cc(-c3ccc(-c4c5ccccc5c(-c5ccccc5-c5ccc6sc7cc([2H])ccc7c6c5)c5ccccc45)cc3)ccc2c1. The smallest absolute Gasteiger partial charge is 0.0623 e. The van der Waals surface area contributed by atoms with E-state index in [9.17, 15) is 0 Å². The first-order valence-electron chi connectivity index (χ1n) is 17.7. The molecule has 0 aliphatic rings. The van der Waals surface area contributed by atoms with Gasteiger partial charge in [-0.05, 0) is 101 Å². The van der Waals surface area contributed by atoms with Gasteiger partial charge in [0.05, 0.1) is 2.74 Å². The van der Waals surface area contributed by atoms with Crippen molar-refractivity contribution in [1.29, 1.82) is 0 Å². The van der Waals surface area contributed by atoms with E-state index in [-0.39, 0.29) is 0 Å². The summed E-state index contributed by atoms with van der Waals surface area (Å²) < 4.78 is 18.5. The molecule has 9 aromatic carbocycles. The Morgan fingerprint density at radius 2 is 0.898 bits per heavy atom. The molecule has 0 saturated heterocycles. The summed E-state index contributed by atoms with van der Waals surface area (Å²) in [7, 11) is 0. The van der Waals surface area contributed by atoms with Gasteiger partial charge >= 0.3 is 0 Å². The van der Waals surface area contributed by atoms with Gasteiger partial charge in [0.2, 0.25) is 0 Å². The van der Waals surface area contributed by atoms with E-state index in [1.165, 1.54) is 81.5 Å². The van der Waals surface area contributed by atoms with Gasteiger partial charge in [-0.25, -0.2) is 0 Å². The minimum atomic E-state index is 0.534. The Labute approximate surface area is 292 Å². The Morgan fingerprint density at radius 1 is 0.327 bits per heavy atom. The van der Waals surface area contributed by atoms with Crippen molar-refractivity contribution in [3.05, 3.63) is 182 Å². The van der Waals surface area contributed by atoms with E-state index in [2.05, 4.69) is 140 Å². The van der Waals surface area contributed by atoms with Crippen LogP contribution in [-0.4, -0.2) is 0 Å². The number of benzene rings is 9. The Bertz CT molecular complexity index is 2930. The molecule has 0 N–H and O–H groups in total. The fourth-order valence-corrected chi connectivity index (χ4v) is 8.72. The molecule has 1 aromatic heterocycles. The minimum absolute atomic E-state index is 0.534. The second-order valence-electron chi connectivity index (χ2n) is 12.7. The molecule has 10 rings (SSSR count). The van der Waals surface area contributed by atoms with Gasteiger partial charge in [0.15, 0.2) is 0 Å². The number of hydrogen-bond donors (Lipinski definition) is 0. The lowest BCUT2D eigenvalue weighted by atomic mass is 9.83. The highest BCUT2D eigenvalue weighted by molar-refractivity contribution is 7.25. The van der Waals surface area contributed by atoms with Crippen LogP contribution >= 0.6 is 11.3 Å². The zero-order valence-electron chi connectivity index (χ0n) is 28.6. The van der Waals surface area contributed by atoms with Crippen LogP contribution in [0, 0.1) is 0 Å². The van der Waals surface area contributed by atoms with Crippen LogP contribution in [0.4, 0.5) is 0 Å². The number of rotatable bonds is 4. The molecule has 1 heterocycles. The third-order valence-electron chi connectivity index (χ3n) is 9.95. The second kappa shape index (κ2) is 11.3. The minimum Gasteiger partial charge on any atom is -0.135 e. The van der Waals surface area contributed by atoms with Crippen LogP contribution in [0.3, 0.4) is 0 Å². The molecule has 0 nitrogen and oxygen atoms in total. The molecule has 49 heavy (non-hydrogen) atoms. The van der Waals surface area contributed by atoms with Gasteiger partial charge in [0, 0.05) is 20.2 Å². The Morgan fingerprint density at radius 3 is 1.67 bits per heavy atom. The predicted molar refractivity (Wildman–Crippen MR) is 214 cm³/mol. The summed E-state index contributed by atoms with van der Waals surface area (Å²) in [5.74, 6) is 0. The highest BCUT2D eigenvalue weighted by Crippen LogP contribution is 2.47. The van der Waals surface area contributed by atoms with E-state index in [0.29, 0.717) is 12.1 Å². The maximum Gasteiger partial charge on any atom is 0.0623 e. The Kier molecular flexibility index (Phi) is 6.00. The predicted octanol–water partition coefficient (Wildman–Crippen LogP) is 14.2. The molecule has 0 aliphatic carbocycles. The molecular formula is C48H30S. The van der Waals surface area contributed by atoms with Gasteiger partial charge in [0.1, 0.15) is 0 Å². The van der Waals surface area contributed by atoms with Crippen LogP contribution in [0.25, 0.3) is 97.0 Å². The Hall–Kier alpha value is -6.02. The van der Waals surface area contributed by atoms with E-state index in [1.807, 2.05) is 30.3 Å². The van der Waals surface area contributed by atoms with Crippen molar-refractivity contribution in [3.63, 3.8) is 0 Å². The maximum atomic E-state index is 8.13. The molecule has 1 heteroatoms. The quantitative estimate of drug-likeness (QED) is 0.168. The van der Waals surface area contributed by atoms with E-state index < -0.39 is 0 Å². The van der Waals surface area contributed by atoms with Crippen molar-refractivity contribution < 1.29 is 2.74 Å². The molecule has 10 aromatic rings. The fraction of sp³-hybridized carbons (Fsp3) is 0. The standard InChI is InChI=1S/C48H30S/c1-2-12-34-29-35(26-23-31(34)11-1)32-21-24-33(25-22-32)47-40-16-5-7-18-42(40)48(43-19-8-6-17-41(43)47)39-15-4-3-13-37(39)36-27-28-46-44(30-36)38-14-9-10-20-45(38)49-46/h1-30H/i1D,10D. The molecule has 0 amide bonds. The maximum absolute atomic E-state index is 8.13. The second-order valence-corrected chi connectivity index (χ2v) is 13.8. The molecule has 228 valence electrons. The van der Waals surface area contributed by atoms with Crippen molar-refractivity contribution in [2.75, 3.05) is 0 Å². The summed E-state index contributed by atoms with van der Waals surface area (Å²) in [6.07, 6.45) is 0. The van der Waals surface area contributed by atoms with Crippen molar-refractivity contribution in [2.24, 2.45) is 0 Å². The Balaban J connectivity index is 1.15. The third kappa shape index (κ3) is 4.58. The third-order valence-corrected chi connectivity index (χ3v) is 11.1. The van der Waals surface area contributed by atoms with Gasteiger partial charge in [-0.15, -0.1) is 11.3 Å². The lowest BCUT2D eigenvalue weighted by molar-refractivity contribution is 1.62. The molecule has 0 spiro atoms. The van der Waals surface area contributed by atoms with Crippen LogP contribution < -0.4 is 0 Å². The highest BCUT2D eigenvalue weighted by atomic mass is 32.1. The van der Waals surface area contributed by atoms with Crippen LogP contribution in [0.5, 0.6) is 0 Å². The summed E-state index contributed by atoms with van der Waals surface area (Å²) in [5.41, 5.74) is 9.64. The number of thiophene rings is 1. The van der Waals surface area contributed by atoms with E-state index in [4.69, 9.17) is 2.74 Å². The average molecular weight is 641 g/mol. The summed E-state index contributed by atoms with van der Waals surface area (Å²) in [6, 6.07) is 61.7. The number of fused-ring (bicyclic) bond motifs is 6. The first kappa shape index (κ1) is 26.0. The van der Waals surface area contributed by atoms with Crippen LogP contribution in [0.15, 0.2) is 182 Å². The summed E-state index contributed by atoms with van der Waals surface area (Å²) in [4.78, 5) is 0. The molecule has 0 atom stereocenters. The monoisotopic (exact) mass is 640 g/mol. The highest BCUT2D eigenvalue weighted by Gasteiger charge is 2.19. The molecule has 0 radical (unpaired) electrons. The van der Waals surface area contributed by atoms with E-state index >= 15 is 0 Å². The van der Waals surface area contributed by atoms with Crippen LogP contribution in [-0.2, 0) is 0 Å².